The van der Waals surface area contributed by atoms with E-state index in [1.54, 1.807) is 12.5 Å². The number of carbonyl (C=O) groups is 1. The Morgan fingerprint density at radius 3 is 3.05 bits per heavy atom. The third-order valence-corrected chi connectivity index (χ3v) is 3.29. The van der Waals surface area contributed by atoms with Crippen molar-refractivity contribution in [2.75, 3.05) is 6.61 Å². The fourth-order valence-corrected chi connectivity index (χ4v) is 2.32. The minimum absolute atomic E-state index is 0.323. The molecule has 0 saturated carbocycles. The van der Waals surface area contributed by atoms with E-state index in [1.807, 2.05) is 29.0 Å². The van der Waals surface area contributed by atoms with Gasteiger partial charge in [-0.15, -0.1) is 0 Å². The third-order valence-electron chi connectivity index (χ3n) is 3.29. The van der Waals surface area contributed by atoms with Crippen LogP contribution < -0.4 is 4.74 Å². The first-order chi connectivity index (χ1) is 9.72. The molecule has 5 heteroatoms. The molecule has 0 atom stereocenters. The highest BCUT2D eigenvalue weighted by Crippen LogP contribution is 2.29. The molecule has 0 fully saturated rings. The van der Waals surface area contributed by atoms with Gasteiger partial charge in [0.05, 0.1) is 6.33 Å². The van der Waals surface area contributed by atoms with Crippen molar-refractivity contribution >= 4 is 17.7 Å². The van der Waals surface area contributed by atoms with Crippen LogP contribution in [0.5, 0.6) is 5.75 Å². The van der Waals surface area contributed by atoms with Gasteiger partial charge < -0.3 is 14.4 Å². The van der Waals surface area contributed by atoms with Crippen LogP contribution in [0.2, 0.25) is 0 Å². The SMILES string of the molecule is O=C(O)COc1ccc2c(c1)C=C(n1ccnc1)CC2. The lowest BCUT2D eigenvalue weighted by molar-refractivity contribution is -0.139. The van der Waals surface area contributed by atoms with Crippen LogP contribution in [0.3, 0.4) is 0 Å². The summed E-state index contributed by atoms with van der Waals surface area (Å²) in [5.74, 6) is -0.397. The Hall–Kier alpha value is -2.56. The van der Waals surface area contributed by atoms with Gasteiger partial charge in [-0.3, -0.25) is 0 Å². The number of carboxylic acid groups (broad SMARTS) is 1. The van der Waals surface area contributed by atoms with Crippen LogP contribution in [-0.2, 0) is 11.2 Å². The number of aromatic nitrogens is 2. The highest BCUT2D eigenvalue weighted by molar-refractivity contribution is 5.76. The fraction of sp³-hybridized carbons (Fsp3) is 0.200. The van der Waals surface area contributed by atoms with Crippen molar-refractivity contribution in [1.29, 1.82) is 0 Å². The zero-order chi connectivity index (χ0) is 13.9. The predicted octanol–water partition coefficient (Wildman–Crippen LogP) is 2.29. The highest BCUT2D eigenvalue weighted by Gasteiger charge is 2.12. The van der Waals surface area contributed by atoms with Crippen LogP contribution in [0.15, 0.2) is 36.9 Å². The summed E-state index contributed by atoms with van der Waals surface area (Å²) >= 11 is 0. The van der Waals surface area contributed by atoms with Gasteiger partial charge in [0, 0.05) is 18.1 Å². The van der Waals surface area contributed by atoms with Gasteiger partial charge in [0.2, 0.25) is 0 Å². The summed E-state index contributed by atoms with van der Waals surface area (Å²) in [4.78, 5) is 14.6. The molecule has 0 aliphatic heterocycles. The number of allylic oxidation sites excluding steroid dienone is 1. The lowest BCUT2D eigenvalue weighted by atomic mass is 9.95. The number of carboxylic acids is 1. The summed E-state index contributed by atoms with van der Waals surface area (Å²) in [6.45, 7) is -0.323. The second-order valence-electron chi connectivity index (χ2n) is 4.65. The van der Waals surface area contributed by atoms with E-state index in [-0.39, 0.29) is 6.61 Å². The van der Waals surface area contributed by atoms with Gasteiger partial charge in [-0.1, -0.05) is 6.07 Å². The number of benzene rings is 1. The number of fused-ring (bicyclic) bond motifs is 1. The number of aliphatic carboxylic acids is 1. The second kappa shape index (κ2) is 5.21. The van der Waals surface area contributed by atoms with Gasteiger partial charge in [-0.25, -0.2) is 9.78 Å². The van der Waals surface area contributed by atoms with E-state index in [0.717, 1.165) is 18.4 Å². The van der Waals surface area contributed by atoms with Crippen molar-refractivity contribution < 1.29 is 14.6 Å². The first kappa shape index (κ1) is 12.5. The van der Waals surface area contributed by atoms with Gasteiger partial charge in [0.25, 0.3) is 0 Å². The molecule has 0 spiro atoms. The summed E-state index contributed by atoms with van der Waals surface area (Å²) < 4.78 is 7.21. The maximum Gasteiger partial charge on any atom is 0.341 e. The Labute approximate surface area is 116 Å². The van der Waals surface area contributed by atoms with Gasteiger partial charge >= 0.3 is 5.97 Å². The minimum Gasteiger partial charge on any atom is -0.482 e. The zero-order valence-corrected chi connectivity index (χ0v) is 10.8. The summed E-state index contributed by atoms with van der Waals surface area (Å²) in [7, 11) is 0. The van der Waals surface area contributed by atoms with Crippen LogP contribution in [-0.4, -0.2) is 27.2 Å². The molecular weight excluding hydrogens is 256 g/mol. The van der Waals surface area contributed by atoms with Crippen LogP contribution in [0.1, 0.15) is 17.5 Å². The molecule has 20 heavy (non-hydrogen) atoms. The number of aryl methyl sites for hydroxylation is 1. The molecule has 1 aliphatic carbocycles. The van der Waals surface area contributed by atoms with E-state index in [2.05, 4.69) is 11.1 Å². The average Bonchev–Trinajstić information content (AvgIpc) is 2.98. The van der Waals surface area contributed by atoms with Crippen LogP contribution in [0.4, 0.5) is 0 Å². The van der Waals surface area contributed by atoms with Crippen molar-refractivity contribution in [2.24, 2.45) is 0 Å². The molecular formula is C15H14N2O3. The average molecular weight is 270 g/mol. The van der Waals surface area contributed by atoms with Gasteiger partial charge in [-0.2, -0.15) is 0 Å². The quantitative estimate of drug-likeness (QED) is 0.925. The number of hydrogen-bond donors (Lipinski definition) is 1. The number of nitrogens with zero attached hydrogens (tertiary/aromatic N) is 2. The molecule has 102 valence electrons. The lowest BCUT2D eigenvalue weighted by Gasteiger charge is -2.18. The smallest absolute Gasteiger partial charge is 0.341 e. The molecule has 0 saturated heterocycles. The summed E-state index contributed by atoms with van der Waals surface area (Å²) in [5.41, 5.74) is 3.49. The van der Waals surface area contributed by atoms with Gasteiger partial charge in [-0.05, 0) is 42.2 Å². The number of ether oxygens (including phenoxy) is 1. The van der Waals surface area contributed by atoms with Crippen LogP contribution in [0, 0.1) is 0 Å². The molecule has 0 radical (unpaired) electrons. The second-order valence-corrected chi connectivity index (χ2v) is 4.65. The lowest BCUT2D eigenvalue weighted by Crippen LogP contribution is -2.10. The Balaban J connectivity index is 1.87. The summed E-state index contributed by atoms with van der Waals surface area (Å²) in [5, 5.41) is 8.63. The molecule has 2 aromatic rings. The van der Waals surface area contributed by atoms with Gasteiger partial charge in [0.15, 0.2) is 6.61 Å². The fourth-order valence-electron chi connectivity index (χ4n) is 2.32. The Morgan fingerprint density at radius 1 is 1.40 bits per heavy atom. The number of imidazole rings is 1. The van der Waals surface area contributed by atoms with E-state index in [1.165, 1.54) is 11.3 Å². The van der Waals surface area contributed by atoms with Crippen LogP contribution in [0.25, 0.3) is 11.8 Å². The first-order valence-electron chi connectivity index (χ1n) is 6.39. The maximum atomic E-state index is 10.5. The largest absolute Gasteiger partial charge is 0.482 e. The standard InChI is InChI=1S/C15H14N2O3/c18-15(19)9-20-14-4-2-11-1-3-13(7-12(11)8-14)17-6-5-16-10-17/h2,4-8,10H,1,3,9H2,(H,18,19). The van der Waals surface area contributed by atoms with Gasteiger partial charge in [0.1, 0.15) is 5.75 Å². The van der Waals surface area contributed by atoms with E-state index < -0.39 is 5.97 Å². The molecule has 1 N–H and O–H groups in total. The first-order valence-corrected chi connectivity index (χ1v) is 6.39. The molecule has 1 heterocycles. The monoisotopic (exact) mass is 270 g/mol. The normalized spacial score (nSPS) is 13.5. The zero-order valence-electron chi connectivity index (χ0n) is 10.8. The number of hydrogen-bond acceptors (Lipinski definition) is 3. The summed E-state index contributed by atoms with van der Waals surface area (Å²) in [6, 6.07) is 5.69. The van der Waals surface area contributed by atoms with Crippen molar-refractivity contribution in [3.05, 3.63) is 48.0 Å². The Morgan fingerprint density at radius 2 is 2.30 bits per heavy atom. The van der Waals surface area contributed by atoms with Crippen molar-refractivity contribution in [2.45, 2.75) is 12.8 Å². The Bertz CT molecular complexity index is 660. The highest BCUT2D eigenvalue weighted by atomic mass is 16.5. The third kappa shape index (κ3) is 2.56. The Kier molecular flexibility index (Phi) is 3.25. The molecule has 5 nitrogen and oxygen atoms in total. The van der Waals surface area contributed by atoms with E-state index in [4.69, 9.17) is 9.84 Å². The predicted molar refractivity (Wildman–Crippen MR) is 74.3 cm³/mol. The van der Waals surface area contributed by atoms with Crippen molar-refractivity contribution in [1.82, 2.24) is 9.55 Å². The van der Waals surface area contributed by atoms with E-state index >= 15 is 0 Å². The topological polar surface area (TPSA) is 64.3 Å². The molecule has 0 amide bonds. The van der Waals surface area contributed by atoms with E-state index in [9.17, 15) is 4.79 Å². The molecule has 0 unspecified atom stereocenters. The summed E-state index contributed by atoms with van der Waals surface area (Å²) in [6.07, 6.45) is 9.46. The van der Waals surface area contributed by atoms with Crippen molar-refractivity contribution in [3.8, 4) is 5.75 Å². The molecule has 1 aliphatic rings. The molecule has 1 aromatic heterocycles. The minimum atomic E-state index is -0.975. The molecule has 0 bridgehead atoms. The number of rotatable bonds is 4. The molecule has 1 aromatic carbocycles. The molecule has 3 rings (SSSR count). The van der Waals surface area contributed by atoms with E-state index in [0.29, 0.717) is 5.75 Å². The van der Waals surface area contributed by atoms with Crippen LogP contribution >= 0.6 is 0 Å². The maximum absolute atomic E-state index is 10.5. The van der Waals surface area contributed by atoms with Crippen molar-refractivity contribution in [3.63, 3.8) is 0 Å².